The molecule has 0 atom stereocenters. The Morgan fingerprint density at radius 1 is 1.11 bits per heavy atom. The van der Waals surface area contributed by atoms with Gasteiger partial charge in [0.25, 0.3) is 0 Å². The fourth-order valence-electron chi connectivity index (χ4n) is 1.95. The summed E-state index contributed by atoms with van der Waals surface area (Å²) in [5, 5.41) is 0. The van der Waals surface area contributed by atoms with E-state index in [2.05, 4.69) is 4.98 Å². The number of alkyl halides is 1. The standard InChI is InChI=1S/C15H12ClNO/c1-10-3-2-4-13-14(10)18-15(17-13)12-7-5-11(9-16)6-8-12/h2-8H,9H2,1H3. The molecule has 0 aliphatic heterocycles. The number of para-hydroxylation sites is 1. The van der Waals surface area contributed by atoms with Crippen molar-refractivity contribution in [1.29, 1.82) is 0 Å². The van der Waals surface area contributed by atoms with E-state index in [0.29, 0.717) is 11.8 Å². The highest BCUT2D eigenvalue weighted by Crippen LogP contribution is 2.26. The topological polar surface area (TPSA) is 26.0 Å². The van der Waals surface area contributed by atoms with Crippen molar-refractivity contribution in [2.75, 3.05) is 0 Å². The molecular weight excluding hydrogens is 246 g/mol. The molecule has 2 nitrogen and oxygen atoms in total. The van der Waals surface area contributed by atoms with Crippen LogP contribution < -0.4 is 0 Å². The lowest BCUT2D eigenvalue weighted by molar-refractivity contribution is 0.617. The minimum atomic E-state index is 0.521. The van der Waals surface area contributed by atoms with Crippen LogP contribution in [0.15, 0.2) is 46.9 Å². The number of hydrogen-bond donors (Lipinski definition) is 0. The number of oxazole rings is 1. The Hall–Kier alpha value is -1.80. The first-order valence-corrected chi connectivity index (χ1v) is 6.33. The summed E-state index contributed by atoms with van der Waals surface area (Å²) < 4.78 is 5.81. The quantitative estimate of drug-likeness (QED) is 0.630. The third kappa shape index (κ3) is 1.89. The lowest BCUT2D eigenvalue weighted by atomic mass is 10.1. The number of aromatic nitrogens is 1. The Balaban J connectivity index is 2.10. The Kier molecular flexibility index (Phi) is 2.80. The summed E-state index contributed by atoms with van der Waals surface area (Å²) in [4.78, 5) is 4.50. The smallest absolute Gasteiger partial charge is 0.227 e. The molecule has 3 heteroatoms. The number of hydrogen-bond acceptors (Lipinski definition) is 2. The van der Waals surface area contributed by atoms with E-state index in [9.17, 15) is 0 Å². The summed E-state index contributed by atoms with van der Waals surface area (Å²) in [5.74, 6) is 1.17. The molecule has 3 aromatic rings. The first kappa shape index (κ1) is 11.3. The Morgan fingerprint density at radius 3 is 2.56 bits per heavy atom. The van der Waals surface area contributed by atoms with Gasteiger partial charge in [-0.1, -0.05) is 24.3 Å². The third-order valence-electron chi connectivity index (χ3n) is 2.97. The highest BCUT2D eigenvalue weighted by atomic mass is 35.5. The van der Waals surface area contributed by atoms with E-state index in [1.54, 1.807) is 0 Å². The minimum absolute atomic E-state index is 0.521. The van der Waals surface area contributed by atoms with E-state index in [1.165, 1.54) is 0 Å². The lowest BCUT2D eigenvalue weighted by Gasteiger charge is -1.97. The lowest BCUT2D eigenvalue weighted by Crippen LogP contribution is -1.79. The van der Waals surface area contributed by atoms with Crippen LogP contribution in [0, 0.1) is 6.92 Å². The monoisotopic (exact) mass is 257 g/mol. The van der Waals surface area contributed by atoms with E-state index in [0.717, 1.165) is 27.8 Å². The molecule has 0 radical (unpaired) electrons. The zero-order chi connectivity index (χ0) is 12.5. The average Bonchev–Trinajstić information content (AvgIpc) is 2.84. The maximum Gasteiger partial charge on any atom is 0.227 e. The predicted octanol–water partition coefficient (Wildman–Crippen LogP) is 4.54. The Bertz CT molecular complexity index is 685. The molecule has 0 fully saturated rings. The maximum absolute atomic E-state index is 5.81. The van der Waals surface area contributed by atoms with Crippen molar-refractivity contribution in [2.24, 2.45) is 0 Å². The van der Waals surface area contributed by atoms with Gasteiger partial charge in [-0.15, -0.1) is 11.6 Å². The van der Waals surface area contributed by atoms with Crippen molar-refractivity contribution in [2.45, 2.75) is 12.8 Å². The van der Waals surface area contributed by atoms with Gasteiger partial charge in [0.1, 0.15) is 5.52 Å². The number of fused-ring (bicyclic) bond motifs is 1. The summed E-state index contributed by atoms with van der Waals surface area (Å²) in [5.41, 5.74) is 4.91. The molecule has 0 aliphatic rings. The highest BCUT2D eigenvalue weighted by molar-refractivity contribution is 6.17. The molecule has 1 heterocycles. The number of rotatable bonds is 2. The summed E-state index contributed by atoms with van der Waals surface area (Å²) in [6, 6.07) is 13.9. The maximum atomic E-state index is 5.81. The van der Waals surface area contributed by atoms with Crippen molar-refractivity contribution < 1.29 is 4.42 Å². The van der Waals surface area contributed by atoms with Crippen LogP contribution in [0.4, 0.5) is 0 Å². The van der Waals surface area contributed by atoms with E-state index in [1.807, 2.05) is 49.4 Å². The van der Waals surface area contributed by atoms with E-state index >= 15 is 0 Å². The Labute approximate surface area is 110 Å². The SMILES string of the molecule is Cc1cccc2nc(-c3ccc(CCl)cc3)oc12. The summed E-state index contributed by atoms with van der Waals surface area (Å²) >= 11 is 5.77. The molecule has 0 spiro atoms. The van der Waals surface area contributed by atoms with E-state index < -0.39 is 0 Å². The van der Waals surface area contributed by atoms with Crippen LogP contribution in [0.1, 0.15) is 11.1 Å². The minimum Gasteiger partial charge on any atom is -0.436 e. The van der Waals surface area contributed by atoms with E-state index in [4.69, 9.17) is 16.0 Å². The molecule has 90 valence electrons. The normalized spacial score (nSPS) is 11.0. The molecule has 0 amide bonds. The van der Waals surface area contributed by atoms with Crippen molar-refractivity contribution >= 4 is 22.7 Å². The van der Waals surface area contributed by atoms with Crippen molar-refractivity contribution in [1.82, 2.24) is 4.98 Å². The second kappa shape index (κ2) is 4.46. The molecule has 0 saturated carbocycles. The molecule has 18 heavy (non-hydrogen) atoms. The third-order valence-corrected chi connectivity index (χ3v) is 3.28. The molecule has 2 aromatic carbocycles. The molecule has 3 rings (SSSR count). The molecular formula is C15H12ClNO. The van der Waals surface area contributed by atoms with Gasteiger partial charge in [0, 0.05) is 11.4 Å². The first-order chi connectivity index (χ1) is 8.78. The van der Waals surface area contributed by atoms with E-state index in [-0.39, 0.29) is 0 Å². The molecule has 0 N–H and O–H groups in total. The second-order valence-electron chi connectivity index (χ2n) is 4.27. The Morgan fingerprint density at radius 2 is 1.89 bits per heavy atom. The zero-order valence-electron chi connectivity index (χ0n) is 9.98. The van der Waals surface area contributed by atoms with Crippen LogP contribution in [0.2, 0.25) is 0 Å². The fourth-order valence-corrected chi connectivity index (χ4v) is 2.12. The van der Waals surface area contributed by atoms with Gasteiger partial charge in [-0.2, -0.15) is 0 Å². The van der Waals surface area contributed by atoms with Gasteiger partial charge in [-0.05, 0) is 36.2 Å². The largest absolute Gasteiger partial charge is 0.436 e. The number of halogens is 1. The van der Waals surface area contributed by atoms with Gasteiger partial charge >= 0.3 is 0 Å². The van der Waals surface area contributed by atoms with Crippen LogP contribution in [0.5, 0.6) is 0 Å². The molecule has 0 bridgehead atoms. The number of nitrogens with zero attached hydrogens (tertiary/aromatic N) is 1. The van der Waals surface area contributed by atoms with Gasteiger partial charge in [-0.3, -0.25) is 0 Å². The zero-order valence-corrected chi connectivity index (χ0v) is 10.7. The van der Waals surface area contributed by atoms with Gasteiger partial charge < -0.3 is 4.42 Å². The van der Waals surface area contributed by atoms with Crippen molar-refractivity contribution in [3.8, 4) is 11.5 Å². The van der Waals surface area contributed by atoms with Crippen LogP contribution >= 0.6 is 11.6 Å². The van der Waals surface area contributed by atoms with Gasteiger partial charge in [-0.25, -0.2) is 4.98 Å². The van der Waals surface area contributed by atoms with Crippen molar-refractivity contribution in [3.63, 3.8) is 0 Å². The van der Waals surface area contributed by atoms with Gasteiger partial charge in [0.15, 0.2) is 5.58 Å². The molecule has 0 unspecified atom stereocenters. The van der Waals surface area contributed by atoms with Crippen LogP contribution in [0.25, 0.3) is 22.6 Å². The highest BCUT2D eigenvalue weighted by Gasteiger charge is 2.09. The molecule has 1 aromatic heterocycles. The fraction of sp³-hybridized carbons (Fsp3) is 0.133. The van der Waals surface area contributed by atoms with Crippen molar-refractivity contribution in [3.05, 3.63) is 53.6 Å². The van der Waals surface area contributed by atoms with Crippen LogP contribution in [-0.4, -0.2) is 4.98 Å². The predicted molar refractivity (Wildman–Crippen MR) is 73.7 cm³/mol. The van der Waals surface area contributed by atoms with Crippen LogP contribution in [0.3, 0.4) is 0 Å². The molecule has 0 saturated heterocycles. The number of aryl methyl sites for hydroxylation is 1. The first-order valence-electron chi connectivity index (χ1n) is 5.79. The molecule has 0 aliphatic carbocycles. The van der Waals surface area contributed by atoms with Gasteiger partial charge in [0.05, 0.1) is 0 Å². The summed E-state index contributed by atoms with van der Waals surface area (Å²) in [6.07, 6.45) is 0. The van der Waals surface area contributed by atoms with Gasteiger partial charge in [0.2, 0.25) is 5.89 Å². The second-order valence-corrected chi connectivity index (χ2v) is 4.54. The summed E-state index contributed by atoms with van der Waals surface area (Å²) in [7, 11) is 0. The average molecular weight is 258 g/mol. The summed E-state index contributed by atoms with van der Waals surface area (Å²) in [6.45, 7) is 2.02. The van der Waals surface area contributed by atoms with Crippen LogP contribution in [-0.2, 0) is 5.88 Å². The number of benzene rings is 2.